The van der Waals surface area contributed by atoms with E-state index >= 15 is 0 Å². The second kappa shape index (κ2) is 6.60. The summed E-state index contributed by atoms with van der Waals surface area (Å²) in [6, 6.07) is 3.42. The van der Waals surface area contributed by atoms with Gasteiger partial charge in [0.2, 0.25) is 0 Å². The van der Waals surface area contributed by atoms with Crippen LogP contribution in [0.1, 0.15) is 12.0 Å². The molecule has 2 N–H and O–H groups in total. The number of oxime groups is 1. The number of carbonyl (C=O) groups excluding carboxylic acids is 1. The second-order valence-corrected chi connectivity index (χ2v) is 7.00. The number of carbonyl (C=O) groups is 2. The van der Waals surface area contributed by atoms with Crippen molar-refractivity contribution in [2.45, 2.75) is 18.9 Å². The van der Waals surface area contributed by atoms with Gasteiger partial charge >= 0.3 is 6.09 Å². The number of amides is 1. The zero-order valence-corrected chi connectivity index (χ0v) is 14.7. The fourth-order valence-corrected chi connectivity index (χ4v) is 4.02. The van der Waals surface area contributed by atoms with Crippen molar-refractivity contribution in [3.8, 4) is 5.75 Å². The Labute approximate surface area is 151 Å². The zero-order chi connectivity index (χ0) is 17.4. The summed E-state index contributed by atoms with van der Waals surface area (Å²) >= 11 is 9.36. The number of nitrogens with zero attached hydrogens (tertiary/aromatic N) is 2. The van der Waals surface area contributed by atoms with Crippen LogP contribution in [-0.4, -0.2) is 52.0 Å². The van der Waals surface area contributed by atoms with Gasteiger partial charge in [0.1, 0.15) is 5.75 Å². The van der Waals surface area contributed by atoms with E-state index in [1.54, 1.807) is 12.1 Å². The maximum absolute atomic E-state index is 12.8. The lowest BCUT2D eigenvalue weighted by Gasteiger charge is -2.31. The number of carboxylic acid groups (broad SMARTS) is 1. The second-order valence-electron chi connectivity index (χ2n) is 5.71. The summed E-state index contributed by atoms with van der Waals surface area (Å²) in [6.07, 6.45) is -1.30. The fraction of sp³-hybridized carbons (Fsp3) is 0.400. The van der Waals surface area contributed by atoms with E-state index in [9.17, 15) is 9.59 Å². The first kappa shape index (κ1) is 17.0. The summed E-state index contributed by atoms with van der Waals surface area (Å²) in [5, 5.41) is 22.0. The first-order chi connectivity index (χ1) is 11.4. The van der Waals surface area contributed by atoms with Crippen LogP contribution in [0.25, 0.3) is 0 Å². The summed E-state index contributed by atoms with van der Waals surface area (Å²) < 4.78 is 6.40. The lowest BCUT2D eigenvalue weighted by Crippen LogP contribution is -2.49. The summed E-state index contributed by atoms with van der Waals surface area (Å²) in [7, 11) is 0. The van der Waals surface area contributed by atoms with Gasteiger partial charge in [0, 0.05) is 36.5 Å². The minimum atomic E-state index is -1.10. The third-order valence-corrected chi connectivity index (χ3v) is 5.06. The zero-order valence-electron chi connectivity index (χ0n) is 12.4. The Bertz CT molecular complexity index is 739. The molecule has 1 saturated heterocycles. The Morgan fingerprint density at radius 3 is 2.83 bits per heavy atom. The van der Waals surface area contributed by atoms with Crippen molar-refractivity contribution in [2.24, 2.45) is 11.1 Å². The molecule has 0 bridgehead atoms. The lowest BCUT2D eigenvalue weighted by molar-refractivity contribution is -0.127. The lowest BCUT2D eigenvalue weighted by atomic mass is 9.88. The Morgan fingerprint density at radius 2 is 2.17 bits per heavy atom. The molecule has 0 spiro atoms. The minimum Gasteiger partial charge on any atom is -0.481 e. The third kappa shape index (κ3) is 3.08. The summed E-state index contributed by atoms with van der Waals surface area (Å²) in [5.41, 5.74) is 1.09. The Hall–Kier alpha value is -1.80. The van der Waals surface area contributed by atoms with E-state index in [-0.39, 0.29) is 31.0 Å². The topological polar surface area (TPSA) is 99.4 Å². The summed E-state index contributed by atoms with van der Waals surface area (Å²) in [4.78, 5) is 25.1. The third-order valence-electron chi connectivity index (χ3n) is 4.25. The number of piperidine rings is 1. The number of fused-ring (bicyclic) bond motifs is 1. The van der Waals surface area contributed by atoms with Crippen molar-refractivity contribution < 1.29 is 24.6 Å². The number of hydrogen-bond acceptors (Lipinski definition) is 5. The highest BCUT2D eigenvalue weighted by Gasteiger charge is 2.40. The van der Waals surface area contributed by atoms with Crippen LogP contribution >= 0.6 is 27.5 Å². The van der Waals surface area contributed by atoms with Crippen molar-refractivity contribution >= 4 is 45.1 Å². The van der Waals surface area contributed by atoms with Crippen LogP contribution in [0.4, 0.5) is 4.79 Å². The highest BCUT2D eigenvalue weighted by Crippen LogP contribution is 2.39. The maximum atomic E-state index is 12.8. The number of benzene rings is 1. The summed E-state index contributed by atoms with van der Waals surface area (Å²) in [6.45, 7) is 0.164. The van der Waals surface area contributed by atoms with Gasteiger partial charge in [-0.25, -0.2) is 4.79 Å². The predicted molar refractivity (Wildman–Crippen MR) is 89.2 cm³/mol. The van der Waals surface area contributed by atoms with Gasteiger partial charge in [0.05, 0.1) is 16.1 Å². The van der Waals surface area contributed by atoms with Gasteiger partial charge in [0.25, 0.3) is 0 Å². The molecule has 0 aliphatic carbocycles. The van der Waals surface area contributed by atoms with Crippen LogP contribution in [0.2, 0.25) is 5.02 Å². The number of hydrogen-bond donors (Lipinski definition) is 2. The SMILES string of the molecule is O=C(C1Cc2cc(Cl)cc(Br)c2O1)C1CN(C(=O)O)CC/C1=N/O. The van der Waals surface area contributed by atoms with Crippen molar-refractivity contribution in [2.75, 3.05) is 13.1 Å². The molecule has 1 aromatic carbocycles. The van der Waals surface area contributed by atoms with Gasteiger partial charge in [0.15, 0.2) is 11.9 Å². The number of likely N-dealkylation sites (tertiary alicyclic amines) is 1. The molecular formula is C15H14BrClN2O5. The highest BCUT2D eigenvalue weighted by molar-refractivity contribution is 9.10. The molecule has 2 unspecified atom stereocenters. The van der Waals surface area contributed by atoms with Gasteiger partial charge in [-0.2, -0.15) is 0 Å². The average molecular weight is 418 g/mol. The van der Waals surface area contributed by atoms with Crippen LogP contribution in [-0.2, 0) is 11.2 Å². The molecule has 3 rings (SSSR count). The van der Waals surface area contributed by atoms with Gasteiger partial charge in [-0.15, -0.1) is 0 Å². The molecule has 2 atom stereocenters. The molecule has 128 valence electrons. The first-order valence-corrected chi connectivity index (χ1v) is 8.44. The van der Waals surface area contributed by atoms with Crippen molar-refractivity contribution in [1.29, 1.82) is 0 Å². The molecule has 24 heavy (non-hydrogen) atoms. The van der Waals surface area contributed by atoms with Crippen LogP contribution in [0.3, 0.4) is 0 Å². The maximum Gasteiger partial charge on any atom is 0.407 e. The standard InChI is InChI=1S/C15H14BrClN2O5/c16-10-5-8(17)3-7-4-12(24-14(7)10)13(20)9-6-19(15(21)22)2-1-11(9)18-23/h3,5,9,12,23H,1-2,4,6H2,(H,21,22)/b18-11-. The Kier molecular flexibility index (Phi) is 4.69. The molecular weight excluding hydrogens is 404 g/mol. The predicted octanol–water partition coefficient (Wildman–Crippen LogP) is 2.81. The quantitative estimate of drug-likeness (QED) is 0.569. The van der Waals surface area contributed by atoms with Gasteiger partial charge in [-0.3, -0.25) is 4.79 Å². The molecule has 2 aliphatic rings. The normalized spacial score (nSPS) is 24.6. The van der Waals surface area contributed by atoms with E-state index in [4.69, 9.17) is 26.7 Å². The number of ketones is 1. The van der Waals surface area contributed by atoms with Gasteiger partial charge < -0.3 is 20.0 Å². The van der Waals surface area contributed by atoms with Crippen LogP contribution in [0.15, 0.2) is 21.8 Å². The molecule has 2 heterocycles. The molecule has 1 aromatic rings. The minimum absolute atomic E-state index is 0.0360. The van der Waals surface area contributed by atoms with E-state index in [2.05, 4.69) is 21.1 Å². The monoisotopic (exact) mass is 416 g/mol. The van der Waals surface area contributed by atoms with Crippen LogP contribution in [0, 0.1) is 5.92 Å². The highest BCUT2D eigenvalue weighted by atomic mass is 79.9. The van der Waals surface area contributed by atoms with E-state index in [1.165, 1.54) is 0 Å². The van der Waals surface area contributed by atoms with Gasteiger partial charge in [-0.1, -0.05) is 16.8 Å². The van der Waals surface area contributed by atoms with Crippen molar-refractivity contribution in [3.63, 3.8) is 0 Å². The van der Waals surface area contributed by atoms with Crippen LogP contribution in [0.5, 0.6) is 5.75 Å². The first-order valence-electron chi connectivity index (χ1n) is 7.27. The van der Waals surface area contributed by atoms with Crippen molar-refractivity contribution in [1.82, 2.24) is 4.90 Å². The van der Waals surface area contributed by atoms with E-state index in [0.29, 0.717) is 21.7 Å². The molecule has 0 radical (unpaired) electrons. The average Bonchev–Trinajstić information content (AvgIpc) is 2.97. The largest absolute Gasteiger partial charge is 0.481 e. The van der Waals surface area contributed by atoms with E-state index in [0.717, 1.165) is 10.5 Å². The van der Waals surface area contributed by atoms with E-state index < -0.39 is 18.1 Å². The Balaban J connectivity index is 1.81. The molecule has 0 saturated carbocycles. The smallest absolute Gasteiger partial charge is 0.407 e. The van der Waals surface area contributed by atoms with Gasteiger partial charge in [-0.05, 0) is 28.1 Å². The summed E-state index contributed by atoms with van der Waals surface area (Å²) in [5.74, 6) is -0.549. The number of Topliss-reactive ketones (excluding diaryl/α,β-unsaturated/α-hetero) is 1. The fourth-order valence-electron chi connectivity index (χ4n) is 3.05. The van der Waals surface area contributed by atoms with Crippen LogP contribution < -0.4 is 4.74 Å². The van der Waals surface area contributed by atoms with E-state index in [1.807, 2.05) is 0 Å². The number of halogens is 2. The molecule has 7 nitrogen and oxygen atoms in total. The molecule has 2 aliphatic heterocycles. The van der Waals surface area contributed by atoms with Crippen molar-refractivity contribution in [3.05, 3.63) is 27.2 Å². The number of rotatable bonds is 2. The molecule has 1 fully saturated rings. The molecule has 9 heteroatoms. The molecule has 1 amide bonds. The Morgan fingerprint density at radius 1 is 1.42 bits per heavy atom. The number of ether oxygens (including phenoxy) is 1. The molecule has 0 aromatic heterocycles.